The van der Waals surface area contributed by atoms with Gasteiger partial charge in [0, 0.05) is 18.8 Å². The number of hydrogen-bond donors (Lipinski definition) is 1. The van der Waals surface area contributed by atoms with E-state index < -0.39 is 5.41 Å². The molecule has 0 radical (unpaired) electrons. The molecule has 1 aromatic carbocycles. The van der Waals surface area contributed by atoms with Gasteiger partial charge in [0.15, 0.2) is 0 Å². The van der Waals surface area contributed by atoms with Crippen LogP contribution < -0.4 is 10.1 Å². The molecule has 0 atom stereocenters. The van der Waals surface area contributed by atoms with Gasteiger partial charge in [-0.3, -0.25) is 4.79 Å². The van der Waals surface area contributed by atoms with Crippen LogP contribution in [-0.2, 0) is 14.9 Å². The van der Waals surface area contributed by atoms with Gasteiger partial charge in [0.2, 0.25) is 11.8 Å². The number of pyridine rings is 1. The summed E-state index contributed by atoms with van der Waals surface area (Å²) >= 11 is 0. The number of hydrogen-bond acceptors (Lipinski definition) is 4. The lowest BCUT2D eigenvalue weighted by Crippen LogP contribution is -2.44. The third kappa shape index (κ3) is 4.27. The average molecular weight is 372 g/mol. The van der Waals surface area contributed by atoms with Crippen LogP contribution in [0.1, 0.15) is 37.3 Å². The van der Waals surface area contributed by atoms with Gasteiger partial charge in [0.05, 0.1) is 23.9 Å². The molecule has 6 heteroatoms. The first kappa shape index (κ1) is 19.3. The van der Waals surface area contributed by atoms with Gasteiger partial charge in [-0.05, 0) is 49.9 Å². The number of halogens is 1. The zero-order valence-corrected chi connectivity index (χ0v) is 15.8. The molecule has 0 saturated carbocycles. The van der Waals surface area contributed by atoms with E-state index in [9.17, 15) is 9.18 Å². The second kappa shape index (κ2) is 8.48. The van der Waals surface area contributed by atoms with Crippen molar-refractivity contribution in [1.29, 1.82) is 0 Å². The Morgan fingerprint density at radius 1 is 1.30 bits per heavy atom. The Bertz CT molecular complexity index is 787. The van der Waals surface area contributed by atoms with Crippen molar-refractivity contribution >= 4 is 11.6 Å². The lowest BCUT2D eigenvalue weighted by Gasteiger charge is -2.36. The van der Waals surface area contributed by atoms with Gasteiger partial charge in [-0.2, -0.15) is 0 Å². The van der Waals surface area contributed by atoms with E-state index in [1.54, 1.807) is 18.3 Å². The maximum atomic E-state index is 13.4. The lowest BCUT2D eigenvalue weighted by atomic mass is 9.73. The predicted octanol–water partition coefficient (Wildman–Crippen LogP) is 4.00. The van der Waals surface area contributed by atoms with Crippen molar-refractivity contribution in [2.45, 2.75) is 38.5 Å². The molecule has 1 aromatic heterocycles. The standard InChI is InChI=1S/C21H25FN2O3/c1-3-10-27-19-15(2)13-18(14-23-19)24-20(25)21(8-11-26-12-9-21)16-4-6-17(22)7-5-16/h4-7,13-14H,3,8-12H2,1-2H3,(H,24,25). The van der Waals surface area contributed by atoms with Crippen molar-refractivity contribution in [2.24, 2.45) is 0 Å². The molecule has 27 heavy (non-hydrogen) atoms. The topological polar surface area (TPSA) is 60.5 Å². The number of benzene rings is 1. The van der Waals surface area contributed by atoms with Crippen molar-refractivity contribution in [2.75, 3.05) is 25.1 Å². The number of amides is 1. The summed E-state index contributed by atoms with van der Waals surface area (Å²) in [5, 5.41) is 2.98. The molecule has 1 N–H and O–H groups in total. The second-order valence-corrected chi connectivity index (χ2v) is 6.85. The molecule has 1 amide bonds. The Kier molecular flexibility index (Phi) is 6.06. The molecular weight excluding hydrogens is 347 g/mol. The molecule has 0 unspecified atom stereocenters. The third-order valence-electron chi connectivity index (χ3n) is 4.91. The van der Waals surface area contributed by atoms with Crippen LogP contribution in [0.3, 0.4) is 0 Å². The molecule has 144 valence electrons. The van der Waals surface area contributed by atoms with Crippen molar-refractivity contribution in [3.05, 3.63) is 53.5 Å². The molecule has 0 bridgehead atoms. The Morgan fingerprint density at radius 3 is 2.63 bits per heavy atom. The number of carbonyl (C=O) groups is 1. The summed E-state index contributed by atoms with van der Waals surface area (Å²) in [6.45, 7) is 5.52. The van der Waals surface area contributed by atoms with Crippen molar-refractivity contribution < 1.29 is 18.7 Å². The Hall–Kier alpha value is -2.47. The molecular formula is C21H25FN2O3. The van der Waals surface area contributed by atoms with E-state index in [1.807, 2.05) is 19.9 Å². The molecule has 1 aliphatic rings. The summed E-state index contributed by atoms with van der Waals surface area (Å²) < 4.78 is 24.4. The summed E-state index contributed by atoms with van der Waals surface area (Å²) in [5.74, 6) is 0.138. The Labute approximate surface area is 158 Å². The largest absolute Gasteiger partial charge is 0.477 e. The Morgan fingerprint density at radius 2 is 2.00 bits per heavy atom. The number of aromatic nitrogens is 1. The average Bonchev–Trinajstić information content (AvgIpc) is 2.68. The van der Waals surface area contributed by atoms with Gasteiger partial charge in [0.25, 0.3) is 0 Å². The molecule has 1 saturated heterocycles. The number of rotatable bonds is 6. The van der Waals surface area contributed by atoms with E-state index in [0.29, 0.717) is 44.2 Å². The highest BCUT2D eigenvalue weighted by Crippen LogP contribution is 2.36. The lowest BCUT2D eigenvalue weighted by molar-refractivity contribution is -0.125. The van der Waals surface area contributed by atoms with E-state index in [1.165, 1.54) is 12.1 Å². The normalized spacial score (nSPS) is 16.0. The molecule has 2 aromatic rings. The van der Waals surface area contributed by atoms with Gasteiger partial charge in [0.1, 0.15) is 5.82 Å². The molecule has 0 spiro atoms. The van der Waals surface area contributed by atoms with Gasteiger partial charge in [-0.15, -0.1) is 0 Å². The van der Waals surface area contributed by atoms with E-state index in [0.717, 1.165) is 17.5 Å². The van der Waals surface area contributed by atoms with Crippen LogP contribution in [0.2, 0.25) is 0 Å². The van der Waals surface area contributed by atoms with Crippen LogP contribution in [0, 0.1) is 12.7 Å². The first-order valence-electron chi connectivity index (χ1n) is 9.30. The Balaban J connectivity index is 1.83. The number of carbonyl (C=O) groups excluding carboxylic acids is 1. The highest BCUT2D eigenvalue weighted by Gasteiger charge is 2.41. The fraction of sp³-hybridized carbons (Fsp3) is 0.429. The van der Waals surface area contributed by atoms with E-state index in [2.05, 4.69) is 10.3 Å². The maximum Gasteiger partial charge on any atom is 0.235 e. The molecule has 2 heterocycles. The summed E-state index contributed by atoms with van der Waals surface area (Å²) in [6.07, 6.45) is 3.61. The van der Waals surface area contributed by atoms with Crippen LogP contribution in [0.4, 0.5) is 10.1 Å². The number of aryl methyl sites for hydroxylation is 1. The zero-order chi connectivity index (χ0) is 19.3. The second-order valence-electron chi connectivity index (χ2n) is 6.85. The summed E-state index contributed by atoms with van der Waals surface area (Å²) in [7, 11) is 0. The molecule has 3 rings (SSSR count). The van der Waals surface area contributed by atoms with Gasteiger partial charge in [-0.25, -0.2) is 9.37 Å². The quantitative estimate of drug-likeness (QED) is 0.832. The minimum absolute atomic E-state index is 0.124. The highest BCUT2D eigenvalue weighted by molar-refractivity contribution is 5.99. The monoisotopic (exact) mass is 372 g/mol. The third-order valence-corrected chi connectivity index (χ3v) is 4.91. The number of anilines is 1. The summed E-state index contributed by atoms with van der Waals surface area (Å²) in [5.41, 5.74) is 1.55. The van der Waals surface area contributed by atoms with Crippen LogP contribution in [0.5, 0.6) is 5.88 Å². The van der Waals surface area contributed by atoms with Gasteiger partial charge >= 0.3 is 0 Å². The van der Waals surface area contributed by atoms with Crippen LogP contribution in [-0.4, -0.2) is 30.7 Å². The van der Waals surface area contributed by atoms with Crippen LogP contribution in [0.15, 0.2) is 36.5 Å². The smallest absolute Gasteiger partial charge is 0.235 e. The maximum absolute atomic E-state index is 13.4. The molecule has 5 nitrogen and oxygen atoms in total. The van der Waals surface area contributed by atoms with Crippen molar-refractivity contribution in [1.82, 2.24) is 4.98 Å². The zero-order valence-electron chi connectivity index (χ0n) is 15.8. The van der Waals surface area contributed by atoms with Crippen molar-refractivity contribution in [3.8, 4) is 5.88 Å². The SMILES string of the molecule is CCCOc1ncc(NC(=O)C2(c3ccc(F)cc3)CCOCC2)cc1C. The minimum Gasteiger partial charge on any atom is -0.477 e. The van der Waals surface area contributed by atoms with Gasteiger partial charge < -0.3 is 14.8 Å². The highest BCUT2D eigenvalue weighted by atomic mass is 19.1. The van der Waals surface area contributed by atoms with Gasteiger partial charge in [-0.1, -0.05) is 19.1 Å². The summed E-state index contributed by atoms with van der Waals surface area (Å²) in [6, 6.07) is 8.02. The fourth-order valence-electron chi connectivity index (χ4n) is 3.37. The molecule has 1 aliphatic heterocycles. The fourth-order valence-corrected chi connectivity index (χ4v) is 3.37. The van der Waals surface area contributed by atoms with Crippen molar-refractivity contribution in [3.63, 3.8) is 0 Å². The van der Waals surface area contributed by atoms with E-state index in [4.69, 9.17) is 9.47 Å². The summed E-state index contributed by atoms with van der Waals surface area (Å²) in [4.78, 5) is 17.5. The minimum atomic E-state index is -0.739. The number of nitrogens with one attached hydrogen (secondary N) is 1. The number of nitrogens with zero attached hydrogens (tertiary/aromatic N) is 1. The van der Waals surface area contributed by atoms with E-state index >= 15 is 0 Å². The van der Waals surface area contributed by atoms with Crippen LogP contribution in [0.25, 0.3) is 0 Å². The first-order valence-corrected chi connectivity index (χ1v) is 9.30. The first-order chi connectivity index (χ1) is 13.0. The number of ether oxygens (including phenoxy) is 2. The molecule has 0 aliphatic carbocycles. The van der Waals surface area contributed by atoms with Crippen LogP contribution >= 0.6 is 0 Å². The molecule has 1 fully saturated rings. The predicted molar refractivity (Wildman–Crippen MR) is 102 cm³/mol. The van der Waals surface area contributed by atoms with E-state index in [-0.39, 0.29) is 11.7 Å².